The van der Waals surface area contributed by atoms with Crippen LogP contribution in [0.4, 0.5) is 0 Å². The van der Waals surface area contributed by atoms with E-state index in [0.29, 0.717) is 5.75 Å². The van der Waals surface area contributed by atoms with Crippen LogP contribution in [0.3, 0.4) is 0 Å². The Hall–Kier alpha value is -2.56. The van der Waals surface area contributed by atoms with Gasteiger partial charge in [-0.3, -0.25) is 0 Å². The molecule has 2 unspecified atom stereocenters. The van der Waals surface area contributed by atoms with Crippen molar-refractivity contribution in [1.82, 2.24) is 5.32 Å². The van der Waals surface area contributed by atoms with E-state index < -0.39 is 0 Å². The van der Waals surface area contributed by atoms with Gasteiger partial charge in [-0.2, -0.15) is 0 Å². The zero-order valence-corrected chi connectivity index (χ0v) is 16.6. The number of phenolic OH excluding ortho intramolecular Hbond substituents is 1. The maximum absolute atomic E-state index is 10.4. The van der Waals surface area contributed by atoms with Crippen molar-refractivity contribution in [3.05, 3.63) is 106 Å². The third-order valence-electron chi connectivity index (χ3n) is 4.94. The number of quaternary nitrogens is 1. The first-order chi connectivity index (χ1) is 13.1. The van der Waals surface area contributed by atoms with Gasteiger partial charge in [0.2, 0.25) is 0 Å². The fraction of sp³-hybridized carbons (Fsp3) is 0.130. The van der Waals surface area contributed by atoms with E-state index in [4.69, 9.17) is 0 Å². The summed E-state index contributed by atoms with van der Waals surface area (Å²) in [7, 11) is 0. The van der Waals surface area contributed by atoms with Crippen LogP contribution in [0.25, 0.3) is 5.70 Å². The van der Waals surface area contributed by atoms with E-state index in [1.807, 2.05) is 30.3 Å². The van der Waals surface area contributed by atoms with Crippen molar-refractivity contribution in [2.24, 2.45) is 0 Å². The molecule has 1 aliphatic heterocycles. The molecule has 3 aromatic rings. The predicted molar refractivity (Wildman–Crippen MR) is 112 cm³/mol. The van der Waals surface area contributed by atoms with E-state index in [1.165, 1.54) is 11.1 Å². The van der Waals surface area contributed by atoms with Gasteiger partial charge in [-0.05, 0) is 36.8 Å². The average molecular weight is 422 g/mol. The van der Waals surface area contributed by atoms with Crippen molar-refractivity contribution in [3.63, 3.8) is 0 Å². The number of hydrogen-bond acceptors (Lipinski definition) is 2. The van der Waals surface area contributed by atoms with Gasteiger partial charge in [-0.25, -0.2) is 0 Å². The number of nitrogens with one attached hydrogen (secondary N) is 1. The Morgan fingerprint density at radius 2 is 1.63 bits per heavy atom. The normalized spacial score (nSPS) is 19.3. The minimum Gasteiger partial charge on any atom is -0.507 e. The number of para-hydroxylation sites is 1. The monoisotopic (exact) mass is 421 g/mol. The minimum absolute atomic E-state index is 0.0254. The van der Waals surface area contributed by atoms with Crippen LogP contribution in [-0.4, -0.2) is 5.11 Å². The molecule has 0 saturated carbocycles. The summed E-state index contributed by atoms with van der Waals surface area (Å²) < 4.78 is 1.06. The Morgan fingerprint density at radius 3 is 2.33 bits per heavy atom. The molecule has 0 amide bonds. The van der Waals surface area contributed by atoms with E-state index in [2.05, 4.69) is 76.0 Å². The van der Waals surface area contributed by atoms with Gasteiger partial charge < -0.3 is 15.7 Å². The van der Waals surface area contributed by atoms with E-state index in [0.717, 1.165) is 21.3 Å². The van der Waals surface area contributed by atoms with Gasteiger partial charge in [0.15, 0.2) is 6.17 Å². The minimum atomic E-state index is 0.0254. The van der Waals surface area contributed by atoms with Crippen molar-refractivity contribution in [2.75, 3.05) is 0 Å². The summed E-state index contributed by atoms with van der Waals surface area (Å²) in [6, 6.07) is 24.5. The fourth-order valence-corrected chi connectivity index (χ4v) is 3.71. The Kier molecular flexibility index (Phi) is 5.01. The second-order valence-electron chi connectivity index (χ2n) is 6.90. The molecule has 1 aliphatic rings. The highest BCUT2D eigenvalue weighted by atomic mass is 79.9. The lowest BCUT2D eigenvalue weighted by Gasteiger charge is -2.30. The number of nitrogens with two attached hydrogens (primary N) is 1. The summed E-state index contributed by atoms with van der Waals surface area (Å²) >= 11 is 3.50. The Bertz CT molecular complexity index is 964. The first-order valence-corrected chi connectivity index (χ1v) is 9.83. The van der Waals surface area contributed by atoms with Crippen LogP contribution in [0.15, 0.2) is 83.3 Å². The average Bonchev–Trinajstić information content (AvgIpc) is 2.69. The maximum atomic E-state index is 10.4. The lowest BCUT2D eigenvalue weighted by Crippen LogP contribution is -2.89. The molecule has 0 saturated heterocycles. The molecule has 4 rings (SSSR count). The molecule has 0 aliphatic carbocycles. The predicted octanol–water partition coefficient (Wildman–Crippen LogP) is 4.41. The summed E-state index contributed by atoms with van der Waals surface area (Å²) in [5, 5.41) is 16.3. The summed E-state index contributed by atoms with van der Waals surface area (Å²) in [6.07, 6.45) is 2.25. The van der Waals surface area contributed by atoms with Gasteiger partial charge in [0.25, 0.3) is 0 Å². The third kappa shape index (κ3) is 3.92. The smallest absolute Gasteiger partial charge is 0.186 e. The third-order valence-corrected chi connectivity index (χ3v) is 5.47. The molecule has 2 atom stereocenters. The molecule has 3 aromatic carbocycles. The SMILES string of the molecule is Cc1ccc(C2NC(c3ccc(Br)cc3)=CC(c3ccccc3O)[NH2+]2)cc1. The summed E-state index contributed by atoms with van der Waals surface area (Å²) in [5.74, 6) is 0.328. The molecular weight excluding hydrogens is 400 g/mol. The van der Waals surface area contributed by atoms with E-state index >= 15 is 0 Å². The van der Waals surface area contributed by atoms with Gasteiger partial charge in [0, 0.05) is 21.8 Å². The Morgan fingerprint density at radius 1 is 0.926 bits per heavy atom. The Balaban J connectivity index is 1.75. The molecule has 0 spiro atoms. The largest absolute Gasteiger partial charge is 0.507 e. The number of phenols is 1. The molecule has 1 heterocycles. The molecule has 0 fully saturated rings. The van der Waals surface area contributed by atoms with Gasteiger partial charge in [-0.1, -0.05) is 70.0 Å². The van der Waals surface area contributed by atoms with Crippen LogP contribution < -0.4 is 10.6 Å². The van der Waals surface area contributed by atoms with E-state index in [-0.39, 0.29) is 12.2 Å². The zero-order chi connectivity index (χ0) is 18.8. The molecule has 0 aromatic heterocycles. The van der Waals surface area contributed by atoms with Crippen LogP contribution in [0.2, 0.25) is 0 Å². The van der Waals surface area contributed by atoms with Crippen molar-refractivity contribution >= 4 is 21.6 Å². The van der Waals surface area contributed by atoms with Crippen molar-refractivity contribution in [1.29, 1.82) is 0 Å². The lowest BCUT2D eigenvalue weighted by atomic mass is 9.97. The van der Waals surface area contributed by atoms with Crippen LogP contribution in [0, 0.1) is 6.92 Å². The molecule has 4 heteroatoms. The highest BCUT2D eigenvalue weighted by Gasteiger charge is 2.29. The zero-order valence-electron chi connectivity index (χ0n) is 15.1. The standard InChI is InChI=1S/C23H21BrN2O/c1-15-6-8-17(9-7-15)23-25-20(16-10-12-18(24)13-11-16)14-21(26-23)19-4-2-3-5-22(19)27/h2-14,21,23,25-27H,1H3/p+1. The number of aromatic hydroxyl groups is 1. The quantitative estimate of drug-likeness (QED) is 0.586. The number of halogens is 1. The molecule has 3 nitrogen and oxygen atoms in total. The van der Waals surface area contributed by atoms with Crippen LogP contribution in [0.1, 0.15) is 34.5 Å². The fourth-order valence-electron chi connectivity index (χ4n) is 3.45. The van der Waals surface area contributed by atoms with Crippen molar-refractivity contribution < 1.29 is 10.4 Å². The number of hydrogen-bond donors (Lipinski definition) is 3. The van der Waals surface area contributed by atoms with Crippen molar-refractivity contribution in [3.8, 4) is 5.75 Å². The highest BCUT2D eigenvalue weighted by Crippen LogP contribution is 2.29. The van der Waals surface area contributed by atoms with Crippen LogP contribution in [-0.2, 0) is 0 Å². The van der Waals surface area contributed by atoms with E-state index in [1.54, 1.807) is 6.07 Å². The molecule has 0 bridgehead atoms. The topological polar surface area (TPSA) is 48.9 Å². The number of rotatable bonds is 3. The first-order valence-electron chi connectivity index (χ1n) is 9.04. The van der Waals surface area contributed by atoms with Crippen LogP contribution >= 0.6 is 15.9 Å². The van der Waals surface area contributed by atoms with Gasteiger partial charge in [0.1, 0.15) is 11.8 Å². The van der Waals surface area contributed by atoms with Crippen molar-refractivity contribution in [2.45, 2.75) is 19.1 Å². The molecular formula is C23H22BrN2O+. The lowest BCUT2D eigenvalue weighted by molar-refractivity contribution is -0.731. The summed E-state index contributed by atoms with van der Waals surface area (Å²) in [5.41, 5.74) is 5.58. The number of aryl methyl sites for hydroxylation is 1. The maximum Gasteiger partial charge on any atom is 0.186 e. The molecule has 27 heavy (non-hydrogen) atoms. The second-order valence-corrected chi connectivity index (χ2v) is 7.81. The van der Waals surface area contributed by atoms with Gasteiger partial charge >= 0.3 is 0 Å². The molecule has 4 N–H and O–H groups in total. The first kappa shape index (κ1) is 17.8. The molecule has 136 valence electrons. The van der Waals surface area contributed by atoms with Gasteiger partial charge in [0.05, 0.1) is 5.56 Å². The summed E-state index contributed by atoms with van der Waals surface area (Å²) in [4.78, 5) is 0. The Labute approximate surface area is 167 Å². The highest BCUT2D eigenvalue weighted by molar-refractivity contribution is 9.10. The van der Waals surface area contributed by atoms with Crippen LogP contribution in [0.5, 0.6) is 5.75 Å². The summed E-state index contributed by atoms with van der Waals surface area (Å²) in [6.45, 7) is 2.10. The van der Waals surface area contributed by atoms with Gasteiger partial charge in [-0.15, -0.1) is 0 Å². The van der Waals surface area contributed by atoms with E-state index in [9.17, 15) is 5.11 Å². The molecule has 0 radical (unpaired) electrons. The number of benzene rings is 3. The second kappa shape index (κ2) is 7.59.